The molecule has 1 aliphatic rings. The second-order valence-electron chi connectivity index (χ2n) is 5.81. The van der Waals surface area contributed by atoms with Crippen molar-refractivity contribution in [3.63, 3.8) is 0 Å². The highest BCUT2D eigenvalue weighted by atomic mass is 35.5. The van der Waals surface area contributed by atoms with Gasteiger partial charge in [-0.1, -0.05) is 0 Å². The number of ether oxygens (including phenoxy) is 1. The van der Waals surface area contributed by atoms with Gasteiger partial charge in [-0.05, 0) is 51.5 Å². The van der Waals surface area contributed by atoms with Gasteiger partial charge in [0, 0.05) is 25.7 Å². The molecule has 22 heavy (non-hydrogen) atoms. The minimum Gasteiger partial charge on any atom is -0.491 e. The van der Waals surface area contributed by atoms with E-state index in [1.807, 2.05) is 27.7 Å². The molecule has 126 valence electrons. The Kier molecular flexibility index (Phi) is 6.67. The van der Waals surface area contributed by atoms with E-state index in [-0.39, 0.29) is 24.6 Å². The number of aryl methyl sites for hydroxylation is 1. The zero-order valence-electron chi connectivity index (χ0n) is 13.5. The molecule has 0 bridgehead atoms. The molecule has 7 heteroatoms. The molecule has 0 amide bonds. The normalized spacial score (nSPS) is 19.8. The van der Waals surface area contributed by atoms with E-state index in [0.717, 1.165) is 11.3 Å². The van der Waals surface area contributed by atoms with Crippen LogP contribution in [0.15, 0.2) is 23.1 Å². The van der Waals surface area contributed by atoms with E-state index in [9.17, 15) is 8.42 Å². The van der Waals surface area contributed by atoms with E-state index >= 15 is 0 Å². The van der Waals surface area contributed by atoms with Crippen molar-refractivity contribution >= 4 is 22.4 Å². The fraction of sp³-hybridized carbons (Fsp3) is 0.600. The van der Waals surface area contributed by atoms with Crippen LogP contribution in [-0.4, -0.2) is 44.5 Å². The van der Waals surface area contributed by atoms with Gasteiger partial charge in [0.2, 0.25) is 10.0 Å². The van der Waals surface area contributed by atoms with Crippen LogP contribution in [0.5, 0.6) is 5.75 Å². The van der Waals surface area contributed by atoms with Crippen molar-refractivity contribution in [1.29, 1.82) is 0 Å². The predicted molar refractivity (Wildman–Crippen MR) is 90.4 cm³/mol. The number of piperazine rings is 1. The maximum atomic E-state index is 12.7. The van der Waals surface area contributed by atoms with Crippen LogP contribution in [-0.2, 0) is 10.0 Å². The van der Waals surface area contributed by atoms with Gasteiger partial charge in [0.15, 0.2) is 0 Å². The second kappa shape index (κ2) is 7.64. The number of sulfonamides is 1. The summed E-state index contributed by atoms with van der Waals surface area (Å²) in [4.78, 5) is 0.338. The van der Waals surface area contributed by atoms with E-state index < -0.39 is 10.0 Å². The molecule has 0 saturated carbocycles. The number of hydrogen-bond acceptors (Lipinski definition) is 4. The van der Waals surface area contributed by atoms with Gasteiger partial charge in [-0.3, -0.25) is 0 Å². The van der Waals surface area contributed by atoms with E-state index in [1.54, 1.807) is 22.5 Å². The molecular weight excluding hydrogens is 324 g/mol. The highest BCUT2D eigenvalue weighted by molar-refractivity contribution is 7.89. The lowest BCUT2D eigenvalue weighted by atomic mass is 10.2. The van der Waals surface area contributed by atoms with Crippen molar-refractivity contribution in [2.24, 2.45) is 0 Å². The number of hydrogen-bond donors (Lipinski definition) is 1. The highest BCUT2D eigenvalue weighted by Gasteiger charge is 2.28. The van der Waals surface area contributed by atoms with Gasteiger partial charge in [0.25, 0.3) is 0 Å². The Hall–Kier alpha value is -0.820. The largest absolute Gasteiger partial charge is 0.491 e. The lowest BCUT2D eigenvalue weighted by Gasteiger charge is -2.31. The SMILES string of the molecule is Cc1cc(S(=O)(=O)N2CCNC(C)C2)ccc1OC(C)C.Cl. The first-order chi connectivity index (χ1) is 9.80. The van der Waals surface area contributed by atoms with E-state index in [4.69, 9.17) is 4.74 Å². The van der Waals surface area contributed by atoms with Crippen molar-refractivity contribution in [1.82, 2.24) is 9.62 Å². The number of halogens is 1. The van der Waals surface area contributed by atoms with Crippen molar-refractivity contribution in [3.8, 4) is 5.75 Å². The average molecular weight is 349 g/mol. The molecule has 1 N–H and O–H groups in total. The van der Waals surface area contributed by atoms with E-state index in [0.29, 0.717) is 24.5 Å². The first-order valence-electron chi connectivity index (χ1n) is 7.31. The van der Waals surface area contributed by atoms with Gasteiger partial charge in [-0.15, -0.1) is 12.4 Å². The Morgan fingerprint density at radius 1 is 1.36 bits per heavy atom. The molecule has 1 fully saturated rings. The Bertz CT molecular complexity index is 605. The zero-order chi connectivity index (χ0) is 15.6. The fourth-order valence-electron chi connectivity index (χ4n) is 2.43. The first kappa shape index (κ1) is 19.2. The van der Waals surface area contributed by atoms with Gasteiger partial charge in [-0.2, -0.15) is 4.31 Å². The molecule has 1 aromatic rings. The first-order valence-corrected chi connectivity index (χ1v) is 8.75. The predicted octanol–water partition coefficient (Wildman–Crippen LogP) is 2.19. The van der Waals surface area contributed by atoms with Gasteiger partial charge in [0.05, 0.1) is 11.0 Å². The summed E-state index contributed by atoms with van der Waals surface area (Å²) in [6.45, 7) is 9.47. The lowest BCUT2D eigenvalue weighted by Crippen LogP contribution is -2.51. The van der Waals surface area contributed by atoms with Crippen LogP contribution in [0.3, 0.4) is 0 Å². The molecule has 5 nitrogen and oxygen atoms in total. The maximum absolute atomic E-state index is 12.7. The molecule has 0 spiro atoms. The molecule has 0 radical (unpaired) electrons. The van der Waals surface area contributed by atoms with Crippen molar-refractivity contribution in [2.45, 2.75) is 44.7 Å². The second-order valence-corrected chi connectivity index (χ2v) is 7.75. The minimum absolute atomic E-state index is 0. The minimum atomic E-state index is -3.42. The smallest absolute Gasteiger partial charge is 0.243 e. The fourth-order valence-corrected chi connectivity index (χ4v) is 4.05. The summed E-state index contributed by atoms with van der Waals surface area (Å²) >= 11 is 0. The van der Waals surface area contributed by atoms with Gasteiger partial charge < -0.3 is 10.1 Å². The third kappa shape index (κ3) is 4.35. The number of benzene rings is 1. The molecule has 1 atom stereocenters. The number of rotatable bonds is 4. The Morgan fingerprint density at radius 2 is 2.05 bits per heavy atom. The Morgan fingerprint density at radius 3 is 2.59 bits per heavy atom. The van der Waals surface area contributed by atoms with Crippen LogP contribution in [0.4, 0.5) is 0 Å². The molecule has 1 heterocycles. The molecule has 0 aromatic heterocycles. The molecule has 1 saturated heterocycles. The summed E-state index contributed by atoms with van der Waals surface area (Å²) < 4.78 is 32.6. The van der Waals surface area contributed by atoms with Crippen LogP contribution in [0.2, 0.25) is 0 Å². The highest BCUT2D eigenvalue weighted by Crippen LogP contribution is 2.25. The van der Waals surface area contributed by atoms with Crippen LogP contribution in [0.1, 0.15) is 26.3 Å². The van der Waals surface area contributed by atoms with Crippen molar-refractivity contribution in [3.05, 3.63) is 23.8 Å². The average Bonchev–Trinajstić information content (AvgIpc) is 2.40. The molecule has 0 aliphatic carbocycles. The third-order valence-corrected chi connectivity index (χ3v) is 5.34. The number of nitrogens with one attached hydrogen (secondary N) is 1. The van der Waals surface area contributed by atoms with Crippen LogP contribution >= 0.6 is 12.4 Å². The van der Waals surface area contributed by atoms with Gasteiger partial charge in [-0.25, -0.2) is 8.42 Å². The molecule has 1 aliphatic heterocycles. The summed E-state index contributed by atoms with van der Waals surface area (Å²) in [6, 6.07) is 5.25. The monoisotopic (exact) mass is 348 g/mol. The van der Waals surface area contributed by atoms with Crippen LogP contribution in [0, 0.1) is 6.92 Å². The Balaban J connectivity index is 0.00000242. The quantitative estimate of drug-likeness (QED) is 0.906. The van der Waals surface area contributed by atoms with Crippen LogP contribution in [0.25, 0.3) is 0 Å². The standard InChI is InChI=1S/C15H24N2O3S.ClH/c1-11(2)20-15-6-5-14(9-12(15)3)21(18,19)17-8-7-16-13(4)10-17;/h5-6,9,11,13,16H,7-8,10H2,1-4H3;1H. The van der Waals surface area contributed by atoms with Crippen molar-refractivity contribution < 1.29 is 13.2 Å². The number of nitrogens with zero attached hydrogens (tertiary/aromatic N) is 1. The molecule has 1 aromatic carbocycles. The summed E-state index contributed by atoms with van der Waals surface area (Å²) in [5, 5.41) is 3.25. The maximum Gasteiger partial charge on any atom is 0.243 e. The zero-order valence-corrected chi connectivity index (χ0v) is 15.1. The molecule has 1 unspecified atom stereocenters. The van der Waals surface area contributed by atoms with Gasteiger partial charge in [0.1, 0.15) is 5.75 Å². The van der Waals surface area contributed by atoms with Gasteiger partial charge >= 0.3 is 0 Å². The van der Waals surface area contributed by atoms with Crippen molar-refractivity contribution in [2.75, 3.05) is 19.6 Å². The Labute approximate surface area is 139 Å². The van der Waals surface area contributed by atoms with Crippen LogP contribution < -0.4 is 10.1 Å². The summed E-state index contributed by atoms with van der Waals surface area (Å²) in [7, 11) is -3.42. The third-order valence-electron chi connectivity index (χ3n) is 3.48. The lowest BCUT2D eigenvalue weighted by molar-refractivity contribution is 0.240. The topological polar surface area (TPSA) is 58.6 Å². The molecule has 2 rings (SSSR count). The summed E-state index contributed by atoms with van der Waals surface area (Å²) in [5.74, 6) is 0.734. The summed E-state index contributed by atoms with van der Waals surface area (Å²) in [6.07, 6.45) is 0.0696. The summed E-state index contributed by atoms with van der Waals surface area (Å²) in [5.41, 5.74) is 0.841. The molecular formula is C15H25ClN2O3S. The van der Waals surface area contributed by atoms with E-state index in [1.165, 1.54) is 0 Å². The van der Waals surface area contributed by atoms with E-state index in [2.05, 4.69) is 5.32 Å².